The average molecular weight is 717 g/mol. The molecule has 1 fully saturated rings. The van der Waals surface area contributed by atoms with E-state index >= 15 is 4.39 Å². The van der Waals surface area contributed by atoms with Crippen molar-refractivity contribution < 1.29 is 53.8 Å². The predicted molar refractivity (Wildman–Crippen MR) is 168 cm³/mol. The largest absolute Gasteiger partial charge is 0.489 e. The number of carbonyl (C=O) groups is 1. The number of likely N-dealkylation sites (tertiary alicyclic amines) is 1. The first-order chi connectivity index (χ1) is 21.2. The van der Waals surface area contributed by atoms with Crippen molar-refractivity contribution in [3.05, 3.63) is 58.4 Å². The van der Waals surface area contributed by atoms with Crippen LogP contribution in [0.3, 0.4) is 0 Å². The van der Waals surface area contributed by atoms with Gasteiger partial charge in [-0.05, 0) is 48.7 Å². The number of Topliss-reactive ketones (excluding diaryl/α,β-unsaturated/α-hetero) is 1. The number of nitrogens with zero attached hydrogens (tertiary/aromatic N) is 2. The Morgan fingerprint density at radius 3 is 2.49 bits per heavy atom. The fourth-order valence-electron chi connectivity index (χ4n) is 5.04. The Balaban J connectivity index is 0.00000384. The van der Waals surface area contributed by atoms with Crippen LogP contribution in [0.4, 0.5) is 26.3 Å². The second-order valence-corrected chi connectivity index (χ2v) is 13.3. The number of benzene rings is 2. The van der Waals surface area contributed by atoms with Crippen LogP contribution in [0.5, 0.6) is 17.2 Å². The maximum Gasteiger partial charge on any atom is 0.419 e. The summed E-state index contributed by atoms with van der Waals surface area (Å²) >= 11 is 0. The Bertz CT molecular complexity index is 1520. The van der Waals surface area contributed by atoms with Gasteiger partial charge in [-0.25, -0.2) is 25.9 Å². The molecule has 2 aliphatic rings. The number of alkyl halides is 5. The van der Waals surface area contributed by atoms with Crippen LogP contribution >= 0.6 is 12.4 Å². The van der Waals surface area contributed by atoms with Crippen LogP contribution in [0, 0.1) is 11.7 Å². The molecule has 0 radical (unpaired) electrons. The third kappa shape index (κ3) is 10.5. The molecule has 2 heterocycles. The smallest absolute Gasteiger partial charge is 0.419 e. The van der Waals surface area contributed by atoms with Crippen molar-refractivity contribution >= 4 is 34.3 Å². The molecule has 0 saturated carbocycles. The van der Waals surface area contributed by atoms with Gasteiger partial charge in [0.2, 0.25) is 10.0 Å². The van der Waals surface area contributed by atoms with Crippen LogP contribution in [-0.2, 0) is 27.6 Å². The molecule has 1 saturated heterocycles. The van der Waals surface area contributed by atoms with Gasteiger partial charge in [0, 0.05) is 45.2 Å². The number of hydrogen-bond donors (Lipinski definition) is 0. The molecule has 2 aromatic rings. The Kier molecular flexibility index (Phi) is 14.4. The lowest BCUT2D eigenvalue weighted by molar-refractivity contribution is -0.139. The van der Waals surface area contributed by atoms with E-state index in [9.17, 15) is 35.2 Å². The summed E-state index contributed by atoms with van der Waals surface area (Å²) in [6.07, 6.45) is -3.61. The summed E-state index contributed by atoms with van der Waals surface area (Å²) in [6, 6.07) is 5.44. The molecule has 264 valence electrons. The van der Waals surface area contributed by atoms with E-state index in [4.69, 9.17) is 14.2 Å². The van der Waals surface area contributed by atoms with Gasteiger partial charge >= 0.3 is 6.18 Å². The summed E-state index contributed by atoms with van der Waals surface area (Å²) in [4.78, 5) is 14.7. The number of hydrogen-bond acceptors (Lipinski definition) is 7. The fourth-order valence-corrected chi connectivity index (χ4v) is 5.89. The second kappa shape index (κ2) is 16.9. The maximum atomic E-state index is 15.1. The summed E-state index contributed by atoms with van der Waals surface area (Å²) in [5.41, 5.74) is -0.253. The van der Waals surface area contributed by atoms with Gasteiger partial charge in [-0.3, -0.25) is 9.69 Å². The zero-order valence-corrected chi connectivity index (χ0v) is 26.8. The highest BCUT2D eigenvalue weighted by atomic mass is 35.5. The van der Waals surface area contributed by atoms with E-state index in [2.05, 4.69) is 0 Å². The quantitative estimate of drug-likeness (QED) is 0.231. The van der Waals surface area contributed by atoms with Crippen LogP contribution in [-0.4, -0.2) is 88.9 Å². The summed E-state index contributed by atoms with van der Waals surface area (Å²) < 4.78 is 123. The summed E-state index contributed by atoms with van der Waals surface area (Å²) in [5, 5.41) is 0. The molecule has 0 aliphatic carbocycles. The number of fused-ring (bicyclic) bond motifs is 1. The predicted octanol–water partition coefficient (Wildman–Crippen LogP) is 6.12. The van der Waals surface area contributed by atoms with E-state index < -0.39 is 64.5 Å². The van der Waals surface area contributed by atoms with E-state index in [1.165, 1.54) is 26.2 Å². The number of piperidine rings is 1. The van der Waals surface area contributed by atoms with E-state index in [1.807, 2.05) is 4.90 Å². The zero-order chi connectivity index (χ0) is 32.9. The molecule has 0 bridgehead atoms. The van der Waals surface area contributed by atoms with Crippen molar-refractivity contribution in [2.75, 3.05) is 59.4 Å². The molecule has 0 N–H and O–H groups in total. The molecule has 0 aromatic heterocycles. The third-order valence-corrected chi connectivity index (χ3v) is 9.25. The SMILES string of the molecule is C.CN(C)S(=O)(=O)CC(=O)[C@@H]1CCCN(CC2=Cc3c(F)cc(OCc4ccc(OC(CF)CF)c(C(F)(F)F)c4)cc3OC2)C1.Cl. The molecule has 8 nitrogen and oxygen atoms in total. The van der Waals surface area contributed by atoms with Gasteiger partial charge < -0.3 is 14.2 Å². The molecule has 0 unspecified atom stereocenters. The van der Waals surface area contributed by atoms with Crippen molar-refractivity contribution in [1.82, 2.24) is 9.21 Å². The normalized spacial score (nSPS) is 16.8. The number of ether oxygens (including phenoxy) is 3. The topological polar surface area (TPSA) is 85.4 Å². The first kappa shape index (κ1) is 40.2. The highest BCUT2D eigenvalue weighted by Gasteiger charge is 2.36. The number of sulfonamides is 1. The lowest BCUT2D eigenvalue weighted by Gasteiger charge is -2.33. The minimum absolute atomic E-state index is 0. The van der Waals surface area contributed by atoms with Crippen molar-refractivity contribution in [1.29, 1.82) is 0 Å². The minimum Gasteiger partial charge on any atom is -0.489 e. The number of rotatable bonds is 13. The standard InChI is InChI=1S/C30H34F6N2O6S.CH4.ClH/c1-37(2)45(40,41)18-27(39)21-4-3-7-38(15-21)14-20-8-24-26(33)10-22(11-29(24)43-17-20)42-16-19-5-6-28(44-23(12-31)13-32)25(9-19)30(34,35)36;;/h5-6,8-11,21,23H,3-4,7,12-18H2,1-2H3;1H4;1H/t21-;;/m1../s1. The highest BCUT2D eigenvalue weighted by Crippen LogP contribution is 2.38. The number of carbonyl (C=O) groups excluding carboxylic acids is 1. The van der Waals surface area contributed by atoms with Crippen LogP contribution in [0.2, 0.25) is 0 Å². The summed E-state index contributed by atoms with van der Waals surface area (Å²) in [5.74, 6) is -2.53. The lowest BCUT2D eigenvalue weighted by Crippen LogP contribution is -2.42. The first-order valence-corrected chi connectivity index (χ1v) is 15.7. The molecule has 0 amide bonds. The molecule has 0 spiro atoms. The zero-order valence-electron chi connectivity index (χ0n) is 25.1. The lowest BCUT2D eigenvalue weighted by atomic mass is 9.94. The van der Waals surface area contributed by atoms with Gasteiger partial charge in [0.15, 0.2) is 11.9 Å². The molecular formula is C31H39ClF6N2O6S. The molecular weight excluding hydrogens is 678 g/mol. The van der Waals surface area contributed by atoms with Crippen LogP contribution in [0.15, 0.2) is 35.9 Å². The van der Waals surface area contributed by atoms with Gasteiger partial charge in [0.05, 0.1) is 11.1 Å². The highest BCUT2D eigenvalue weighted by molar-refractivity contribution is 7.89. The molecule has 16 heteroatoms. The molecule has 47 heavy (non-hydrogen) atoms. The van der Waals surface area contributed by atoms with Gasteiger partial charge in [-0.15, -0.1) is 12.4 Å². The van der Waals surface area contributed by atoms with Crippen LogP contribution in [0.25, 0.3) is 6.08 Å². The van der Waals surface area contributed by atoms with Gasteiger partial charge in [-0.1, -0.05) is 13.5 Å². The van der Waals surface area contributed by atoms with Crippen molar-refractivity contribution in [2.45, 2.75) is 39.2 Å². The van der Waals surface area contributed by atoms with E-state index in [0.717, 1.165) is 28.1 Å². The second-order valence-electron chi connectivity index (χ2n) is 11.2. The maximum absolute atomic E-state index is 15.1. The molecule has 4 rings (SSSR count). The van der Waals surface area contributed by atoms with Gasteiger partial charge in [0.25, 0.3) is 0 Å². The fraction of sp³-hybridized carbons (Fsp3) is 0.516. The van der Waals surface area contributed by atoms with Crippen molar-refractivity contribution in [2.24, 2.45) is 5.92 Å². The Morgan fingerprint density at radius 1 is 1.15 bits per heavy atom. The Labute approximate surface area is 277 Å². The van der Waals surface area contributed by atoms with E-state index in [0.29, 0.717) is 32.5 Å². The van der Waals surface area contributed by atoms with E-state index in [-0.39, 0.29) is 61.5 Å². The Hall–Kier alpha value is -3.01. The van der Waals surface area contributed by atoms with Crippen molar-refractivity contribution in [3.8, 4) is 17.2 Å². The van der Waals surface area contributed by atoms with E-state index in [1.54, 1.807) is 6.08 Å². The van der Waals surface area contributed by atoms with Crippen molar-refractivity contribution in [3.63, 3.8) is 0 Å². The van der Waals surface area contributed by atoms with Crippen LogP contribution < -0.4 is 14.2 Å². The number of halogens is 7. The van der Waals surface area contributed by atoms with Gasteiger partial charge in [-0.2, -0.15) is 13.2 Å². The molecule has 1 atom stereocenters. The molecule has 2 aliphatic heterocycles. The summed E-state index contributed by atoms with van der Waals surface area (Å²) in [6.45, 7) is -1.41. The third-order valence-electron chi connectivity index (χ3n) is 7.49. The first-order valence-electron chi connectivity index (χ1n) is 14.1. The summed E-state index contributed by atoms with van der Waals surface area (Å²) in [7, 11) is -0.904. The number of ketones is 1. The average Bonchev–Trinajstić information content (AvgIpc) is 2.98. The minimum atomic E-state index is -4.87. The van der Waals surface area contributed by atoms with Gasteiger partial charge in [0.1, 0.15) is 55.4 Å². The van der Waals surface area contributed by atoms with Crippen LogP contribution in [0.1, 0.15) is 37.0 Å². The molecule has 2 aromatic carbocycles. The monoisotopic (exact) mass is 716 g/mol. The Morgan fingerprint density at radius 2 is 1.85 bits per heavy atom.